The highest BCUT2D eigenvalue weighted by molar-refractivity contribution is 5.88. The number of hydrogen-bond acceptors (Lipinski definition) is 3. The molecule has 6 heteroatoms. The van der Waals surface area contributed by atoms with E-state index in [2.05, 4.69) is 5.32 Å². The van der Waals surface area contributed by atoms with Crippen LogP contribution in [-0.4, -0.2) is 36.4 Å². The Bertz CT molecular complexity index is 791. The predicted molar refractivity (Wildman–Crippen MR) is 111 cm³/mol. The van der Waals surface area contributed by atoms with E-state index in [-0.39, 0.29) is 30.6 Å². The van der Waals surface area contributed by atoms with Crippen LogP contribution in [0.4, 0.5) is 4.39 Å². The molecule has 0 radical (unpaired) electrons. The van der Waals surface area contributed by atoms with E-state index in [1.54, 1.807) is 36.3 Å². The first-order valence-corrected chi connectivity index (χ1v) is 9.93. The molecule has 2 aromatic carbocycles. The summed E-state index contributed by atoms with van der Waals surface area (Å²) in [5.41, 5.74) is 1.61. The van der Waals surface area contributed by atoms with E-state index in [1.807, 2.05) is 26.0 Å². The van der Waals surface area contributed by atoms with E-state index >= 15 is 0 Å². The van der Waals surface area contributed by atoms with Crippen molar-refractivity contribution in [2.75, 3.05) is 13.7 Å². The highest BCUT2D eigenvalue weighted by atomic mass is 19.1. The van der Waals surface area contributed by atoms with Gasteiger partial charge < -0.3 is 15.0 Å². The van der Waals surface area contributed by atoms with Crippen LogP contribution in [0.3, 0.4) is 0 Å². The van der Waals surface area contributed by atoms with Crippen LogP contribution in [0.25, 0.3) is 0 Å². The molecule has 2 amide bonds. The van der Waals surface area contributed by atoms with Crippen molar-refractivity contribution in [3.05, 3.63) is 65.5 Å². The van der Waals surface area contributed by atoms with Crippen LogP contribution in [0.2, 0.25) is 0 Å². The second kappa shape index (κ2) is 11.2. The lowest BCUT2D eigenvalue weighted by atomic mass is 10.1. The van der Waals surface area contributed by atoms with Crippen LogP contribution in [0.1, 0.15) is 37.8 Å². The number of rotatable bonds is 10. The average Bonchev–Trinajstić information content (AvgIpc) is 2.74. The summed E-state index contributed by atoms with van der Waals surface area (Å²) in [6.07, 6.45) is 1.48. The Labute approximate surface area is 171 Å². The second-order valence-electron chi connectivity index (χ2n) is 6.89. The van der Waals surface area contributed by atoms with Crippen molar-refractivity contribution in [2.45, 2.75) is 45.7 Å². The molecule has 0 saturated carbocycles. The number of amides is 2. The molecule has 5 nitrogen and oxygen atoms in total. The van der Waals surface area contributed by atoms with E-state index in [1.165, 1.54) is 12.1 Å². The second-order valence-corrected chi connectivity index (χ2v) is 6.89. The highest BCUT2D eigenvalue weighted by Crippen LogP contribution is 2.17. The van der Waals surface area contributed by atoms with Gasteiger partial charge in [-0.25, -0.2) is 4.39 Å². The minimum absolute atomic E-state index is 0.155. The third-order valence-corrected chi connectivity index (χ3v) is 4.72. The topological polar surface area (TPSA) is 58.6 Å². The molecule has 0 aliphatic carbocycles. The summed E-state index contributed by atoms with van der Waals surface area (Å²) < 4.78 is 18.4. The minimum Gasteiger partial charge on any atom is -0.497 e. The Morgan fingerprint density at radius 2 is 1.66 bits per heavy atom. The Kier molecular flexibility index (Phi) is 8.65. The predicted octanol–water partition coefficient (Wildman–Crippen LogP) is 3.71. The van der Waals surface area contributed by atoms with Gasteiger partial charge in [0.05, 0.1) is 13.5 Å². The van der Waals surface area contributed by atoms with Crippen molar-refractivity contribution in [1.82, 2.24) is 10.2 Å². The summed E-state index contributed by atoms with van der Waals surface area (Å²) in [7, 11) is 1.59. The van der Waals surface area contributed by atoms with Crippen molar-refractivity contribution in [1.29, 1.82) is 0 Å². The van der Waals surface area contributed by atoms with E-state index in [0.29, 0.717) is 13.0 Å². The Balaban J connectivity index is 2.23. The fraction of sp³-hybridized carbons (Fsp3) is 0.391. The van der Waals surface area contributed by atoms with Gasteiger partial charge in [-0.3, -0.25) is 9.59 Å². The highest BCUT2D eigenvalue weighted by Gasteiger charge is 2.28. The summed E-state index contributed by atoms with van der Waals surface area (Å²) in [6, 6.07) is 12.7. The summed E-state index contributed by atoms with van der Waals surface area (Å²) in [4.78, 5) is 27.4. The van der Waals surface area contributed by atoms with E-state index in [9.17, 15) is 14.0 Å². The lowest BCUT2D eigenvalue weighted by Crippen LogP contribution is -2.49. The standard InChI is InChI=1S/C23H29FN2O3/c1-4-14-25-23(28)21(5-2)26(16-18-6-10-19(24)11-7-18)22(27)15-17-8-12-20(29-3)13-9-17/h6-13,21H,4-5,14-16H2,1-3H3,(H,25,28)/t21-/m0/s1. The molecule has 1 atom stereocenters. The summed E-state index contributed by atoms with van der Waals surface area (Å²) in [6.45, 7) is 4.67. The van der Waals surface area contributed by atoms with Crippen LogP contribution in [0.5, 0.6) is 5.75 Å². The van der Waals surface area contributed by atoms with Gasteiger partial charge in [0, 0.05) is 13.1 Å². The van der Waals surface area contributed by atoms with Gasteiger partial charge >= 0.3 is 0 Å². The summed E-state index contributed by atoms with van der Waals surface area (Å²) >= 11 is 0. The number of ether oxygens (including phenoxy) is 1. The molecule has 0 heterocycles. The molecule has 2 rings (SSSR count). The number of halogens is 1. The van der Waals surface area contributed by atoms with Gasteiger partial charge in [0.1, 0.15) is 17.6 Å². The summed E-state index contributed by atoms with van der Waals surface area (Å²) in [5.74, 6) is 0.0601. The largest absolute Gasteiger partial charge is 0.497 e. The van der Waals surface area contributed by atoms with Gasteiger partial charge in [-0.1, -0.05) is 38.1 Å². The van der Waals surface area contributed by atoms with Gasteiger partial charge in [0.15, 0.2) is 0 Å². The maximum absolute atomic E-state index is 13.3. The molecule has 0 bridgehead atoms. The number of carbonyl (C=O) groups is 2. The number of benzene rings is 2. The van der Waals surface area contributed by atoms with Crippen LogP contribution < -0.4 is 10.1 Å². The molecule has 0 unspecified atom stereocenters. The quantitative estimate of drug-likeness (QED) is 0.661. The van der Waals surface area contributed by atoms with E-state index < -0.39 is 6.04 Å². The van der Waals surface area contributed by atoms with Crippen molar-refractivity contribution in [3.8, 4) is 5.75 Å². The number of methoxy groups -OCH3 is 1. The molecule has 1 N–H and O–H groups in total. The van der Waals surface area contributed by atoms with E-state index in [4.69, 9.17) is 4.74 Å². The Morgan fingerprint density at radius 1 is 1.03 bits per heavy atom. The fourth-order valence-corrected chi connectivity index (χ4v) is 3.09. The molecule has 0 aliphatic heterocycles. The third kappa shape index (κ3) is 6.59. The molecular formula is C23H29FN2O3. The van der Waals surface area contributed by atoms with Gasteiger partial charge in [-0.15, -0.1) is 0 Å². The monoisotopic (exact) mass is 400 g/mol. The van der Waals surface area contributed by atoms with Gasteiger partial charge in [-0.05, 0) is 48.2 Å². The van der Waals surface area contributed by atoms with Crippen LogP contribution >= 0.6 is 0 Å². The molecule has 2 aromatic rings. The minimum atomic E-state index is -0.586. The lowest BCUT2D eigenvalue weighted by molar-refractivity contribution is -0.140. The molecule has 0 aliphatic rings. The van der Waals surface area contributed by atoms with Crippen LogP contribution in [-0.2, 0) is 22.6 Å². The first kappa shape index (κ1) is 22.4. The first-order chi connectivity index (χ1) is 14.0. The smallest absolute Gasteiger partial charge is 0.242 e. The zero-order valence-electron chi connectivity index (χ0n) is 17.3. The molecule has 0 fully saturated rings. The zero-order chi connectivity index (χ0) is 21.2. The SMILES string of the molecule is CCCNC(=O)[C@H](CC)N(Cc1ccc(F)cc1)C(=O)Cc1ccc(OC)cc1. The summed E-state index contributed by atoms with van der Waals surface area (Å²) in [5, 5.41) is 2.88. The molecular weight excluding hydrogens is 371 g/mol. The molecule has 29 heavy (non-hydrogen) atoms. The van der Waals surface area contributed by atoms with Crippen molar-refractivity contribution < 1.29 is 18.7 Å². The van der Waals surface area contributed by atoms with E-state index in [0.717, 1.165) is 23.3 Å². The maximum atomic E-state index is 13.3. The molecule has 0 saturated heterocycles. The normalized spacial score (nSPS) is 11.6. The number of hydrogen-bond donors (Lipinski definition) is 1. The molecule has 156 valence electrons. The fourth-order valence-electron chi connectivity index (χ4n) is 3.09. The van der Waals surface area contributed by atoms with Gasteiger partial charge in [0.25, 0.3) is 0 Å². The number of carbonyl (C=O) groups excluding carboxylic acids is 2. The third-order valence-electron chi connectivity index (χ3n) is 4.72. The van der Waals surface area contributed by atoms with Crippen LogP contribution in [0, 0.1) is 5.82 Å². The number of nitrogens with one attached hydrogen (secondary N) is 1. The lowest BCUT2D eigenvalue weighted by Gasteiger charge is -2.30. The van der Waals surface area contributed by atoms with Crippen LogP contribution in [0.15, 0.2) is 48.5 Å². The molecule has 0 aromatic heterocycles. The maximum Gasteiger partial charge on any atom is 0.242 e. The van der Waals surface area contributed by atoms with Gasteiger partial charge in [-0.2, -0.15) is 0 Å². The van der Waals surface area contributed by atoms with Crippen molar-refractivity contribution in [3.63, 3.8) is 0 Å². The zero-order valence-corrected chi connectivity index (χ0v) is 17.3. The van der Waals surface area contributed by atoms with Gasteiger partial charge in [0.2, 0.25) is 11.8 Å². The number of nitrogens with zero attached hydrogens (tertiary/aromatic N) is 1. The molecule has 0 spiro atoms. The Morgan fingerprint density at radius 3 is 2.21 bits per heavy atom. The Hall–Kier alpha value is -2.89. The average molecular weight is 400 g/mol. The van der Waals surface area contributed by atoms with Crippen molar-refractivity contribution >= 4 is 11.8 Å². The first-order valence-electron chi connectivity index (χ1n) is 9.93. The van der Waals surface area contributed by atoms with Crippen molar-refractivity contribution in [2.24, 2.45) is 0 Å².